The molecule has 0 atom stereocenters. The molecular formula is C21H20N6O2. The third-order valence-corrected chi connectivity index (χ3v) is 4.94. The van der Waals surface area contributed by atoms with Gasteiger partial charge < -0.3 is 19.4 Å². The van der Waals surface area contributed by atoms with Gasteiger partial charge in [-0.05, 0) is 37.1 Å². The summed E-state index contributed by atoms with van der Waals surface area (Å²) in [4.78, 5) is 18.1. The molecule has 1 aliphatic rings. The highest BCUT2D eigenvalue weighted by Gasteiger charge is 2.29. The van der Waals surface area contributed by atoms with E-state index in [2.05, 4.69) is 19.9 Å². The summed E-state index contributed by atoms with van der Waals surface area (Å²) >= 11 is 0. The van der Waals surface area contributed by atoms with Crippen molar-refractivity contribution in [2.75, 3.05) is 19.5 Å². The first-order valence-electron chi connectivity index (χ1n) is 9.41. The van der Waals surface area contributed by atoms with Crippen LogP contribution < -0.4 is 14.8 Å². The molecule has 0 spiro atoms. The van der Waals surface area contributed by atoms with E-state index in [4.69, 9.17) is 19.4 Å². The Balaban J connectivity index is 1.56. The Morgan fingerprint density at radius 2 is 1.86 bits per heavy atom. The van der Waals surface area contributed by atoms with Crippen LogP contribution in [0, 0.1) is 0 Å². The number of rotatable bonds is 6. The molecule has 0 radical (unpaired) electrons. The van der Waals surface area contributed by atoms with Crippen molar-refractivity contribution in [2.45, 2.75) is 18.9 Å². The zero-order chi connectivity index (χ0) is 19.8. The Kier molecular flexibility index (Phi) is 4.23. The van der Waals surface area contributed by atoms with Crippen molar-refractivity contribution in [3.05, 3.63) is 48.9 Å². The van der Waals surface area contributed by atoms with Gasteiger partial charge in [-0.15, -0.1) is 0 Å². The van der Waals surface area contributed by atoms with Gasteiger partial charge in [-0.3, -0.25) is 4.98 Å². The van der Waals surface area contributed by atoms with Crippen LogP contribution in [0.2, 0.25) is 0 Å². The summed E-state index contributed by atoms with van der Waals surface area (Å²) in [6.07, 6.45) is 7.57. The molecule has 8 heteroatoms. The zero-order valence-corrected chi connectivity index (χ0v) is 16.2. The molecule has 0 aliphatic heterocycles. The van der Waals surface area contributed by atoms with Crippen LogP contribution in [0.3, 0.4) is 0 Å². The highest BCUT2D eigenvalue weighted by Crippen LogP contribution is 2.41. The van der Waals surface area contributed by atoms with Crippen LogP contribution >= 0.6 is 0 Å². The SMILES string of the molecule is COc1ccc(Nc2ncc3nc(-c4ccncc4)n(C4CC4)c3n2)c(OC)c1. The lowest BCUT2D eigenvalue weighted by atomic mass is 10.2. The van der Waals surface area contributed by atoms with Gasteiger partial charge in [0.2, 0.25) is 5.95 Å². The van der Waals surface area contributed by atoms with Crippen molar-refractivity contribution in [1.82, 2.24) is 24.5 Å². The number of pyridine rings is 1. The number of ether oxygens (including phenoxy) is 2. The lowest BCUT2D eigenvalue weighted by Crippen LogP contribution is -2.02. The Labute approximate surface area is 167 Å². The predicted octanol–water partition coefficient (Wildman–Crippen LogP) is 3.98. The molecule has 1 N–H and O–H groups in total. The molecule has 1 saturated carbocycles. The third-order valence-electron chi connectivity index (χ3n) is 4.94. The highest BCUT2D eigenvalue weighted by molar-refractivity contribution is 5.78. The first-order chi connectivity index (χ1) is 14.3. The molecule has 3 aromatic heterocycles. The van der Waals surface area contributed by atoms with Crippen LogP contribution in [0.5, 0.6) is 11.5 Å². The number of imidazole rings is 1. The standard InChI is InChI=1S/C21H20N6O2/c1-28-15-5-6-16(18(11-15)29-2)25-21-23-12-17-20(26-21)27(14-3-4-14)19(24-17)13-7-9-22-10-8-13/h5-12,14H,3-4H2,1-2H3,(H,23,25,26). The minimum atomic E-state index is 0.418. The lowest BCUT2D eigenvalue weighted by Gasteiger charge is -2.12. The van der Waals surface area contributed by atoms with Crippen molar-refractivity contribution in [1.29, 1.82) is 0 Å². The van der Waals surface area contributed by atoms with Crippen LogP contribution in [0.15, 0.2) is 48.9 Å². The van der Waals surface area contributed by atoms with Gasteiger partial charge in [0.15, 0.2) is 5.65 Å². The normalized spacial score (nSPS) is 13.4. The Hall–Kier alpha value is -3.68. The summed E-state index contributed by atoms with van der Waals surface area (Å²) in [7, 11) is 3.24. The van der Waals surface area contributed by atoms with Gasteiger partial charge in [-0.25, -0.2) is 9.97 Å². The average molecular weight is 388 g/mol. The number of anilines is 2. The molecule has 4 aromatic rings. The smallest absolute Gasteiger partial charge is 0.229 e. The monoisotopic (exact) mass is 388 g/mol. The molecule has 0 bridgehead atoms. The van der Waals surface area contributed by atoms with Crippen LogP contribution in [0.4, 0.5) is 11.6 Å². The highest BCUT2D eigenvalue weighted by atomic mass is 16.5. The van der Waals surface area contributed by atoms with E-state index in [0.717, 1.165) is 46.8 Å². The fourth-order valence-electron chi connectivity index (χ4n) is 3.36. The predicted molar refractivity (Wildman–Crippen MR) is 110 cm³/mol. The van der Waals surface area contributed by atoms with E-state index in [1.807, 2.05) is 30.3 Å². The minimum absolute atomic E-state index is 0.418. The van der Waals surface area contributed by atoms with E-state index in [9.17, 15) is 0 Å². The molecule has 29 heavy (non-hydrogen) atoms. The fourth-order valence-corrected chi connectivity index (χ4v) is 3.36. The topological polar surface area (TPSA) is 87.0 Å². The summed E-state index contributed by atoms with van der Waals surface area (Å²) < 4.78 is 12.9. The van der Waals surface area contributed by atoms with E-state index in [1.165, 1.54) is 0 Å². The summed E-state index contributed by atoms with van der Waals surface area (Å²) in [6.45, 7) is 0. The molecule has 0 amide bonds. The van der Waals surface area contributed by atoms with Gasteiger partial charge in [0, 0.05) is 30.1 Å². The minimum Gasteiger partial charge on any atom is -0.497 e. The maximum Gasteiger partial charge on any atom is 0.229 e. The van der Waals surface area contributed by atoms with E-state index >= 15 is 0 Å². The molecule has 146 valence electrons. The van der Waals surface area contributed by atoms with Crippen molar-refractivity contribution in [3.8, 4) is 22.9 Å². The summed E-state index contributed by atoms with van der Waals surface area (Å²) in [5, 5.41) is 3.25. The summed E-state index contributed by atoms with van der Waals surface area (Å²) in [5.74, 6) is 2.77. The number of benzene rings is 1. The zero-order valence-electron chi connectivity index (χ0n) is 16.2. The molecule has 0 unspecified atom stereocenters. The first kappa shape index (κ1) is 17.4. The van der Waals surface area contributed by atoms with Crippen LogP contribution in [-0.2, 0) is 0 Å². The number of methoxy groups -OCH3 is 2. The van der Waals surface area contributed by atoms with Gasteiger partial charge in [0.25, 0.3) is 0 Å². The molecule has 8 nitrogen and oxygen atoms in total. The second-order valence-corrected chi connectivity index (χ2v) is 6.87. The second kappa shape index (κ2) is 7.05. The van der Waals surface area contributed by atoms with Gasteiger partial charge in [0.1, 0.15) is 22.8 Å². The van der Waals surface area contributed by atoms with Crippen molar-refractivity contribution >= 4 is 22.8 Å². The van der Waals surface area contributed by atoms with Gasteiger partial charge in [0.05, 0.1) is 26.1 Å². The number of nitrogens with one attached hydrogen (secondary N) is 1. The second-order valence-electron chi connectivity index (χ2n) is 6.87. The maximum atomic E-state index is 5.46. The van der Waals surface area contributed by atoms with Crippen LogP contribution in [-0.4, -0.2) is 38.7 Å². The van der Waals surface area contributed by atoms with Crippen LogP contribution in [0.25, 0.3) is 22.6 Å². The Bertz CT molecular complexity index is 1170. The number of hydrogen-bond acceptors (Lipinski definition) is 7. The number of aromatic nitrogens is 5. The molecule has 1 aliphatic carbocycles. The quantitative estimate of drug-likeness (QED) is 0.534. The van der Waals surface area contributed by atoms with Crippen molar-refractivity contribution in [2.24, 2.45) is 0 Å². The number of hydrogen-bond donors (Lipinski definition) is 1. The molecule has 1 aromatic carbocycles. The van der Waals surface area contributed by atoms with Gasteiger partial charge in [-0.1, -0.05) is 0 Å². The van der Waals surface area contributed by atoms with Gasteiger partial charge in [-0.2, -0.15) is 4.98 Å². The van der Waals surface area contributed by atoms with E-state index in [-0.39, 0.29) is 0 Å². The molecule has 3 heterocycles. The van der Waals surface area contributed by atoms with Gasteiger partial charge >= 0.3 is 0 Å². The third kappa shape index (κ3) is 3.22. The number of nitrogens with zero attached hydrogens (tertiary/aromatic N) is 5. The Morgan fingerprint density at radius 1 is 1.03 bits per heavy atom. The van der Waals surface area contributed by atoms with E-state index in [0.29, 0.717) is 17.7 Å². The van der Waals surface area contributed by atoms with Crippen molar-refractivity contribution in [3.63, 3.8) is 0 Å². The number of fused-ring (bicyclic) bond motifs is 1. The first-order valence-corrected chi connectivity index (χ1v) is 9.41. The summed E-state index contributed by atoms with van der Waals surface area (Å²) in [5.41, 5.74) is 3.39. The van der Waals surface area contributed by atoms with Crippen LogP contribution in [0.1, 0.15) is 18.9 Å². The maximum absolute atomic E-state index is 5.46. The van der Waals surface area contributed by atoms with E-state index < -0.39 is 0 Å². The largest absolute Gasteiger partial charge is 0.497 e. The molecule has 0 saturated heterocycles. The molecule has 5 rings (SSSR count). The lowest BCUT2D eigenvalue weighted by molar-refractivity contribution is 0.395. The molecular weight excluding hydrogens is 368 g/mol. The Morgan fingerprint density at radius 3 is 2.59 bits per heavy atom. The fraction of sp³-hybridized carbons (Fsp3) is 0.238. The average Bonchev–Trinajstić information content (AvgIpc) is 3.54. The molecule has 1 fully saturated rings. The summed E-state index contributed by atoms with van der Waals surface area (Å²) in [6, 6.07) is 9.91. The van der Waals surface area contributed by atoms with Crippen molar-refractivity contribution < 1.29 is 9.47 Å². The van der Waals surface area contributed by atoms with E-state index in [1.54, 1.807) is 32.8 Å².